The number of nitrogens with zero attached hydrogens (tertiary/aromatic N) is 2. The first-order chi connectivity index (χ1) is 11.1. The highest BCUT2D eigenvalue weighted by molar-refractivity contribution is 5.76. The fourth-order valence-corrected chi connectivity index (χ4v) is 2.76. The van der Waals surface area contributed by atoms with Crippen molar-refractivity contribution in [3.05, 3.63) is 12.4 Å². The number of carbonyl (C=O) groups is 1. The second-order valence-electron chi connectivity index (χ2n) is 6.25. The third-order valence-corrected chi connectivity index (χ3v) is 4.37. The Morgan fingerprint density at radius 2 is 1.91 bits per heavy atom. The molecule has 0 saturated heterocycles. The van der Waals surface area contributed by atoms with Crippen molar-refractivity contribution in [1.29, 1.82) is 0 Å². The summed E-state index contributed by atoms with van der Waals surface area (Å²) in [6.45, 7) is 4.22. The van der Waals surface area contributed by atoms with Gasteiger partial charge in [-0.05, 0) is 31.6 Å². The number of nitrogens with one attached hydrogen (secondary N) is 1. The first kappa shape index (κ1) is 17.5. The predicted molar refractivity (Wildman–Crippen MR) is 87.5 cm³/mol. The van der Waals surface area contributed by atoms with Crippen LogP contribution in [0.3, 0.4) is 0 Å². The summed E-state index contributed by atoms with van der Waals surface area (Å²) in [6.07, 6.45) is 8.58. The van der Waals surface area contributed by atoms with Crippen molar-refractivity contribution in [3.63, 3.8) is 0 Å². The number of amides is 1. The molecule has 1 atom stereocenters. The van der Waals surface area contributed by atoms with Gasteiger partial charge in [-0.1, -0.05) is 20.3 Å². The average molecular weight is 321 g/mol. The summed E-state index contributed by atoms with van der Waals surface area (Å²) < 4.78 is 11.1. The Morgan fingerprint density at radius 1 is 1.26 bits per heavy atom. The summed E-state index contributed by atoms with van der Waals surface area (Å²) in [5.41, 5.74) is 0. The van der Waals surface area contributed by atoms with Gasteiger partial charge in [0.15, 0.2) is 0 Å². The number of hydrogen-bond donors (Lipinski definition) is 1. The Labute approximate surface area is 138 Å². The zero-order valence-electron chi connectivity index (χ0n) is 14.2. The molecule has 1 fully saturated rings. The standard InChI is InChI=1S/C17H27N3O3/c1-4-12(2)11-15(21)20-13-5-7-14(8-6-13)23-17-16(22-3)18-9-10-19-17/h9-10,12-14H,4-8,11H2,1-3H3,(H,20,21). The van der Waals surface area contributed by atoms with Crippen molar-refractivity contribution in [2.45, 2.75) is 64.5 Å². The third kappa shape index (κ3) is 5.37. The van der Waals surface area contributed by atoms with Gasteiger partial charge in [0.05, 0.1) is 7.11 Å². The first-order valence-corrected chi connectivity index (χ1v) is 8.43. The minimum absolute atomic E-state index is 0.100. The lowest BCUT2D eigenvalue weighted by Crippen LogP contribution is -2.40. The van der Waals surface area contributed by atoms with E-state index in [2.05, 4.69) is 29.1 Å². The van der Waals surface area contributed by atoms with Gasteiger partial charge in [-0.25, -0.2) is 9.97 Å². The predicted octanol–water partition coefficient (Wildman–Crippen LogP) is 2.73. The molecule has 0 bridgehead atoms. The molecule has 23 heavy (non-hydrogen) atoms. The largest absolute Gasteiger partial charge is 0.477 e. The maximum atomic E-state index is 12.0. The quantitative estimate of drug-likeness (QED) is 0.836. The van der Waals surface area contributed by atoms with E-state index in [0.29, 0.717) is 24.1 Å². The topological polar surface area (TPSA) is 73.3 Å². The molecule has 2 rings (SSSR count). The molecule has 0 radical (unpaired) electrons. The molecule has 1 heterocycles. The van der Waals surface area contributed by atoms with E-state index in [-0.39, 0.29) is 18.1 Å². The summed E-state index contributed by atoms with van der Waals surface area (Å²) in [5.74, 6) is 1.47. The van der Waals surface area contributed by atoms with Crippen LogP contribution >= 0.6 is 0 Å². The maximum absolute atomic E-state index is 12.0. The van der Waals surface area contributed by atoms with E-state index in [1.165, 1.54) is 0 Å². The zero-order valence-corrected chi connectivity index (χ0v) is 14.2. The van der Waals surface area contributed by atoms with Crippen molar-refractivity contribution < 1.29 is 14.3 Å². The van der Waals surface area contributed by atoms with Crippen LogP contribution in [0.25, 0.3) is 0 Å². The summed E-state index contributed by atoms with van der Waals surface area (Å²) in [4.78, 5) is 20.2. The van der Waals surface area contributed by atoms with E-state index < -0.39 is 0 Å². The van der Waals surface area contributed by atoms with Gasteiger partial charge in [0.25, 0.3) is 11.8 Å². The molecule has 1 aromatic heterocycles. The number of aromatic nitrogens is 2. The lowest BCUT2D eigenvalue weighted by molar-refractivity contribution is -0.123. The van der Waals surface area contributed by atoms with Crippen LogP contribution in [-0.4, -0.2) is 35.1 Å². The van der Waals surface area contributed by atoms with E-state index in [1.54, 1.807) is 19.5 Å². The van der Waals surface area contributed by atoms with Gasteiger partial charge in [-0.2, -0.15) is 0 Å². The smallest absolute Gasteiger partial charge is 0.278 e. The molecule has 128 valence electrons. The molecule has 6 nitrogen and oxygen atoms in total. The molecule has 0 spiro atoms. The molecule has 1 saturated carbocycles. The van der Waals surface area contributed by atoms with Gasteiger partial charge < -0.3 is 14.8 Å². The lowest BCUT2D eigenvalue weighted by atomic mass is 9.92. The minimum atomic E-state index is 0.100. The molecule has 0 aliphatic heterocycles. The van der Waals surface area contributed by atoms with E-state index in [0.717, 1.165) is 32.1 Å². The van der Waals surface area contributed by atoms with Crippen LogP contribution in [-0.2, 0) is 4.79 Å². The van der Waals surface area contributed by atoms with Crippen LogP contribution in [0.1, 0.15) is 52.4 Å². The average Bonchev–Trinajstić information content (AvgIpc) is 2.57. The molecular formula is C17H27N3O3. The van der Waals surface area contributed by atoms with Crippen molar-refractivity contribution in [2.75, 3.05) is 7.11 Å². The Morgan fingerprint density at radius 3 is 2.52 bits per heavy atom. The Hall–Kier alpha value is -1.85. The maximum Gasteiger partial charge on any atom is 0.278 e. The van der Waals surface area contributed by atoms with Crippen LogP contribution in [0, 0.1) is 5.92 Å². The number of carbonyl (C=O) groups excluding carboxylic acids is 1. The van der Waals surface area contributed by atoms with Crippen molar-refractivity contribution >= 4 is 5.91 Å². The highest BCUT2D eigenvalue weighted by atomic mass is 16.5. The molecule has 1 aromatic rings. The molecule has 1 N–H and O–H groups in total. The normalized spacial score (nSPS) is 22.2. The molecule has 6 heteroatoms. The SMILES string of the molecule is CCC(C)CC(=O)NC1CCC(Oc2nccnc2OC)CC1. The summed E-state index contributed by atoms with van der Waals surface area (Å²) in [5, 5.41) is 3.14. The number of methoxy groups -OCH3 is 1. The third-order valence-electron chi connectivity index (χ3n) is 4.37. The fraction of sp³-hybridized carbons (Fsp3) is 0.706. The van der Waals surface area contributed by atoms with Crippen molar-refractivity contribution in [3.8, 4) is 11.8 Å². The monoisotopic (exact) mass is 321 g/mol. The number of ether oxygens (including phenoxy) is 2. The van der Waals surface area contributed by atoms with Gasteiger partial charge in [-0.15, -0.1) is 0 Å². The molecule has 1 unspecified atom stereocenters. The highest BCUT2D eigenvalue weighted by Gasteiger charge is 2.25. The summed E-state index contributed by atoms with van der Waals surface area (Å²) >= 11 is 0. The molecular weight excluding hydrogens is 294 g/mol. The Kier molecular flexibility index (Phi) is 6.62. The van der Waals surface area contributed by atoms with Gasteiger partial charge in [0.1, 0.15) is 6.10 Å². The second-order valence-corrected chi connectivity index (χ2v) is 6.25. The first-order valence-electron chi connectivity index (χ1n) is 8.43. The number of hydrogen-bond acceptors (Lipinski definition) is 5. The van der Waals surface area contributed by atoms with Gasteiger partial charge >= 0.3 is 0 Å². The summed E-state index contributed by atoms with van der Waals surface area (Å²) in [6, 6.07) is 0.259. The highest BCUT2D eigenvalue weighted by Crippen LogP contribution is 2.27. The molecule has 1 amide bonds. The zero-order chi connectivity index (χ0) is 16.7. The van der Waals surface area contributed by atoms with E-state index in [4.69, 9.17) is 9.47 Å². The second kappa shape index (κ2) is 8.70. The van der Waals surface area contributed by atoms with Crippen LogP contribution < -0.4 is 14.8 Å². The molecule has 0 aromatic carbocycles. The van der Waals surface area contributed by atoms with Crippen molar-refractivity contribution in [2.24, 2.45) is 5.92 Å². The van der Waals surface area contributed by atoms with E-state index in [1.807, 2.05) is 0 Å². The van der Waals surface area contributed by atoms with Crippen LogP contribution in [0.5, 0.6) is 11.8 Å². The molecule has 1 aliphatic rings. The van der Waals surface area contributed by atoms with Gasteiger partial charge in [-0.3, -0.25) is 4.79 Å². The van der Waals surface area contributed by atoms with Crippen molar-refractivity contribution in [1.82, 2.24) is 15.3 Å². The van der Waals surface area contributed by atoms with E-state index in [9.17, 15) is 4.79 Å². The van der Waals surface area contributed by atoms with E-state index >= 15 is 0 Å². The summed E-state index contributed by atoms with van der Waals surface area (Å²) in [7, 11) is 1.56. The fourth-order valence-electron chi connectivity index (χ4n) is 2.76. The molecule has 1 aliphatic carbocycles. The Bertz CT molecular complexity index is 502. The van der Waals surface area contributed by atoms with Crippen LogP contribution in [0.2, 0.25) is 0 Å². The van der Waals surface area contributed by atoms with Crippen LogP contribution in [0.4, 0.5) is 0 Å². The minimum Gasteiger partial charge on any atom is -0.477 e. The Balaban J connectivity index is 1.76. The van der Waals surface area contributed by atoms with Gasteiger partial charge in [0, 0.05) is 24.9 Å². The van der Waals surface area contributed by atoms with Crippen LogP contribution in [0.15, 0.2) is 12.4 Å². The lowest BCUT2D eigenvalue weighted by Gasteiger charge is -2.29. The number of rotatable bonds is 7. The van der Waals surface area contributed by atoms with Gasteiger partial charge in [0.2, 0.25) is 5.91 Å².